The second-order valence-corrected chi connectivity index (χ2v) is 5.04. The Kier molecular flexibility index (Phi) is 3.50. The van der Waals surface area contributed by atoms with Gasteiger partial charge in [-0.15, -0.1) is 5.73 Å². The lowest BCUT2D eigenvalue weighted by atomic mass is 9.76. The molecule has 0 atom stereocenters. The normalized spacial score (nSPS) is 22.6. The fraction of sp³-hybridized carbons (Fsp3) is 0.750. The highest BCUT2D eigenvalue weighted by Gasteiger charge is 2.52. The predicted octanol–water partition coefficient (Wildman–Crippen LogP) is 3.13. The van der Waals surface area contributed by atoms with E-state index in [0.717, 1.165) is 18.3 Å². The van der Waals surface area contributed by atoms with E-state index in [1.165, 1.54) is 0 Å². The van der Waals surface area contributed by atoms with Crippen molar-refractivity contribution >= 4 is 7.12 Å². The van der Waals surface area contributed by atoms with Crippen LogP contribution in [0.1, 0.15) is 47.5 Å². The Labute approximate surface area is 93.5 Å². The van der Waals surface area contributed by atoms with Gasteiger partial charge in [-0.05, 0) is 34.1 Å². The van der Waals surface area contributed by atoms with Gasteiger partial charge in [0.05, 0.1) is 11.2 Å². The summed E-state index contributed by atoms with van der Waals surface area (Å²) < 4.78 is 11.8. The van der Waals surface area contributed by atoms with Gasteiger partial charge in [-0.3, -0.25) is 0 Å². The molecule has 0 unspecified atom stereocenters. The molecule has 1 saturated heterocycles. The SMILES string of the molecule is C=C=C(CCC)B1OC(C)(C)C(C)(C)O1. The molecule has 0 N–H and O–H groups in total. The van der Waals surface area contributed by atoms with Crippen LogP contribution >= 0.6 is 0 Å². The molecule has 1 aliphatic rings. The van der Waals surface area contributed by atoms with E-state index in [1.807, 2.05) is 0 Å². The van der Waals surface area contributed by atoms with Gasteiger partial charge in [0.25, 0.3) is 0 Å². The Morgan fingerprint density at radius 2 is 1.67 bits per heavy atom. The average molecular weight is 208 g/mol. The first-order chi connectivity index (χ1) is 6.84. The van der Waals surface area contributed by atoms with Crippen molar-refractivity contribution < 1.29 is 9.31 Å². The van der Waals surface area contributed by atoms with E-state index < -0.39 is 0 Å². The Hall–Kier alpha value is -0.495. The molecule has 0 radical (unpaired) electrons. The maximum Gasteiger partial charge on any atom is 0.498 e. The highest BCUT2D eigenvalue weighted by molar-refractivity contribution is 6.54. The van der Waals surface area contributed by atoms with Crippen molar-refractivity contribution in [2.45, 2.75) is 58.7 Å². The van der Waals surface area contributed by atoms with Crippen molar-refractivity contribution in [1.82, 2.24) is 0 Å². The van der Waals surface area contributed by atoms with Crippen molar-refractivity contribution in [3.05, 3.63) is 17.8 Å². The molecule has 0 aromatic carbocycles. The van der Waals surface area contributed by atoms with Crippen LogP contribution in [0.3, 0.4) is 0 Å². The van der Waals surface area contributed by atoms with Crippen molar-refractivity contribution in [2.75, 3.05) is 0 Å². The van der Waals surface area contributed by atoms with Crippen LogP contribution in [0.5, 0.6) is 0 Å². The largest absolute Gasteiger partial charge is 0.498 e. The lowest BCUT2D eigenvalue weighted by Crippen LogP contribution is -2.41. The van der Waals surface area contributed by atoms with Crippen molar-refractivity contribution in [3.63, 3.8) is 0 Å². The first kappa shape index (κ1) is 12.6. The highest BCUT2D eigenvalue weighted by Crippen LogP contribution is 2.38. The molecule has 0 spiro atoms. The number of allylic oxidation sites excluding steroid dienone is 1. The van der Waals surface area contributed by atoms with Crippen LogP contribution in [0.2, 0.25) is 0 Å². The minimum Gasteiger partial charge on any atom is -0.399 e. The van der Waals surface area contributed by atoms with Crippen molar-refractivity contribution in [2.24, 2.45) is 0 Å². The summed E-state index contributed by atoms with van der Waals surface area (Å²) in [5, 5.41) is 0. The summed E-state index contributed by atoms with van der Waals surface area (Å²) in [7, 11) is -0.271. The fourth-order valence-corrected chi connectivity index (χ4v) is 1.54. The molecule has 1 fully saturated rings. The van der Waals surface area contributed by atoms with Gasteiger partial charge in [0.1, 0.15) is 0 Å². The topological polar surface area (TPSA) is 18.5 Å². The minimum absolute atomic E-state index is 0.270. The van der Waals surface area contributed by atoms with Gasteiger partial charge in [0.2, 0.25) is 0 Å². The molecule has 0 amide bonds. The van der Waals surface area contributed by atoms with E-state index in [2.05, 4.69) is 46.9 Å². The molecule has 0 aliphatic carbocycles. The molecule has 0 saturated carbocycles. The molecule has 84 valence electrons. The maximum absolute atomic E-state index is 5.91. The zero-order chi connectivity index (χ0) is 11.7. The number of hydrogen-bond donors (Lipinski definition) is 0. The summed E-state index contributed by atoms with van der Waals surface area (Å²) in [5.41, 5.74) is 3.42. The third-order valence-corrected chi connectivity index (χ3v) is 3.28. The first-order valence-electron chi connectivity index (χ1n) is 5.58. The van der Waals surface area contributed by atoms with Gasteiger partial charge < -0.3 is 9.31 Å². The van der Waals surface area contributed by atoms with E-state index in [0.29, 0.717) is 0 Å². The lowest BCUT2D eigenvalue weighted by Gasteiger charge is -2.32. The van der Waals surface area contributed by atoms with Gasteiger partial charge in [0, 0.05) is 5.47 Å². The second kappa shape index (κ2) is 4.17. The predicted molar refractivity (Wildman–Crippen MR) is 63.6 cm³/mol. The quantitative estimate of drug-likeness (QED) is 0.524. The van der Waals surface area contributed by atoms with E-state index in [-0.39, 0.29) is 18.3 Å². The van der Waals surface area contributed by atoms with Gasteiger partial charge in [-0.2, -0.15) is 0 Å². The molecule has 0 aromatic rings. The molecule has 1 aliphatic heterocycles. The Morgan fingerprint density at radius 3 is 2.00 bits per heavy atom. The van der Waals surface area contributed by atoms with E-state index >= 15 is 0 Å². The van der Waals surface area contributed by atoms with Crippen LogP contribution in [0.4, 0.5) is 0 Å². The summed E-state index contributed by atoms with van der Waals surface area (Å²) in [6, 6.07) is 0. The van der Waals surface area contributed by atoms with Gasteiger partial charge in [0.15, 0.2) is 0 Å². The molecule has 2 nitrogen and oxygen atoms in total. The monoisotopic (exact) mass is 208 g/mol. The van der Waals surface area contributed by atoms with Gasteiger partial charge in [-0.1, -0.05) is 19.9 Å². The van der Waals surface area contributed by atoms with Crippen LogP contribution in [-0.4, -0.2) is 18.3 Å². The Balaban J connectivity index is 2.82. The van der Waals surface area contributed by atoms with Crippen LogP contribution < -0.4 is 0 Å². The average Bonchev–Trinajstić information content (AvgIpc) is 2.32. The maximum atomic E-state index is 5.91. The van der Waals surface area contributed by atoms with E-state index in [9.17, 15) is 0 Å². The smallest absolute Gasteiger partial charge is 0.399 e. The minimum atomic E-state index is -0.271. The van der Waals surface area contributed by atoms with Crippen molar-refractivity contribution in [1.29, 1.82) is 0 Å². The fourth-order valence-electron chi connectivity index (χ4n) is 1.54. The van der Waals surface area contributed by atoms with Gasteiger partial charge >= 0.3 is 7.12 Å². The molecule has 0 aromatic heterocycles. The molecule has 3 heteroatoms. The number of rotatable bonds is 3. The summed E-state index contributed by atoms with van der Waals surface area (Å²) in [6.45, 7) is 14.0. The molecule has 15 heavy (non-hydrogen) atoms. The lowest BCUT2D eigenvalue weighted by molar-refractivity contribution is 0.00578. The van der Waals surface area contributed by atoms with Crippen LogP contribution in [0.15, 0.2) is 17.8 Å². The third-order valence-electron chi connectivity index (χ3n) is 3.28. The zero-order valence-corrected chi connectivity index (χ0v) is 10.5. The van der Waals surface area contributed by atoms with Crippen molar-refractivity contribution in [3.8, 4) is 0 Å². The molecular formula is C12H21BO2. The standard InChI is InChI=1S/C12H21BO2/c1-7-9-10(8-2)13-14-11(3,4)12(5,6)15-13/h2,7,9H2,1,3-6H3. The number of hydrogen-bond acceptors (Lipinski definition) is 2. The third kappa shape index (κ3) is 2.36. The highest BCUT2D eigenvalue weighted by atomic mass is 16.7. The Bertz CT molecular complexity index is 272. The molecule has 1 heterocycles. The molecule has 1 rings (SSSR count). The molecular weight excluding hydrogens is 187 g/mol. The summed E-state index contributed by atoms with van der Waals surface area (Å²) >= 11 is 0. The van der Waals surface area contributed by atoms with Crippen LogP contribution in [0.25, 0.3) is 0 Å². The Morgan fingerprint density at radius 1 is 1.20 bits per heavy atom. The second-order valence-electron chi connectivity index (χ2n) is 5.04. The van der Waals surface area contributed by atoms with Crippen LogP contribution in [-0.2, 0) is 9.31 Å². The first-order valence-corrected chi connectivity index (χ1v) is 5.58. The summed E-state index contributed by atoms with van der Waals surface area (Å²) in [6.07, 6.45) is 1.99. The van der Waals surface area contributed by atoms with E-state index in [1.54, 1.807) is 0 Å². The molecule has 0 bridgehead atoms. The van der Waals surface area contributed by atoms with Gasteiger partial charge in [-0.25, -0.2) is 0 Å². The summed E-state index contributed by atoms with van der Waals surface area (Å²) in [4.78, 5) is 0. The van der Waals surface area contributed by atoms with E-state index in [4.69, 9.17) is 9.31 Å². The zero-order valence-electron chi connectivity index (χ0n) is 10.5. The summed E-state index contributed by atoms with van der Waals surface area (Å²) in [5.74, 6) is 0. The van der Waals surface area contributed by atoms with Crippen LogP contribution in [0, 0.1) is 0 Å².